The van der Waals surface area contributed by atoms with E-state index in [0.717, 1.165) is 29.4 Å². The van der Waals surface area contributed by atoms with Crippen molar-refractivity contribution in [2.24, 2.45) is 5.11 Å². The van der Waals surface area contributed by atoms with Crippen molar-refractivity contribution in [3.05, 3.63) is 70.1 Å². The largest absolute Gasteiger partial charge is 0.298 e. The first-order valence-electron chi connectivity index (χ1n) is 5.99. The molecule has 0 saturated carbocycles. The third-order valence-electron chi connectivity index (χ3n) is 2.92. The van der Waals surface area contributed by atoms with Gasteiger partial charge in [0.15, 0.2) is 6.29 Å². The Morgan fingerprint density at radius 1 is 1.11 bits per heavy atom. The van der Waals surface area contributed by atoms with E-state index in [1.807, 2.05) is 42.5 Å². The minimum absolute atomic E-state index is 0.459. The monoisotopic (exact) mass is 251 g/mol. The number of azide groups is 1. The first-order valence-corrected chi connectivity index (χ1v) is 5.99. The molecule has 2 aromatic rings. The Kier molecular flexibility index (Phi) is 4.32. The number of nitrogens with zero attached hydrogens (tertiary/aromatic N) is 3. The maximum absolute atomic E-state index is 11.0. The van der Waals surface area contributed by atoms with Gasteiger partial charge in [0.05, 0.1) is 0 Å². The summed E-state index contributed by atoms with van der Waals surface area (Å²) in [6, 6.07) is 15.4. The maximum atomic E-state index is 11.0. The van der Waals surface area contributed by atoms with E-state index >= 15 is 0 Å². The third kappa shape index (κ3) is 3.21. The van der Waals surface area contributed by atoms with Crippen molar-refractivity contribution in [1.82, 2.24) is 0 Å². The van der Waals surface area contributed by atoms with E-state index in [1.54, 1.807) is 6.07 Å². The second kappa shape index (κ2) is 6.38. The van der Waals surface area contributed by atoms with Gasteiger partial charge in [0.25, 0.3) is 0 Å². The predicted molar refractivity (Wildman–Crippen MR) is 75.0 cm³/mol. The highest BCUT2D eigenvalue weighted by molar-refractivity contribution is 5.87. The van der Waals surface area contributed by atoms with Crippen LogP contribution in [0, 0.1) is 0 Å². The number of carbonyl (C=O) groups excluding carboxylic acids is 1. The number of rotatable bonds is 5. The van der Waals surface area contributed by atoms with Crippen LogP contribution in [0.3, 0.4) is 0 Å². The van der Waals surface area contributed by atoms with Gasteiger partial charge in [-0.3, -0.25) is 4.79 Å². The molecule has 0 amide bonds. The first-order chi connectivity index (χ1) is 9.35. The summed E-state index contributed by atoms with van der Waals surface area (Å²) in [5.74, 6) is 0. The number of hydrogen-bond acceptors (Lipinski definition) is 2. The van der Waals surface area contributed by atoms with Gasteiger partial charge >= 0.3 is 0 Å². The minimum atomic E-state index is 0.459. The van der Waals surface area contributed by atoms with Gasteiger partial charge in [0, 0.05) is 17.0 Å². The van der Waals surface area contributed by atoms with Gasteiger partial charge < -0.3 is 0 Å². The molecule has 0 spiro atoms. The molecular formula is C15H13N3O. The summed E-state index contributed by atoms with van der Waals surface area (Å²) in [6.45, 7) is 0.459. The number of carbonyl (C=O) groups is 1. The lowest BCUT2D eigenvalue weighted by Gasteiger charge is -2.06. The van der Waals surface area contributed by atoms with Crippen LogP contribution in [0.1, 0.15) is 15.9 Å². The van der Waals surface area contributed by atoms with E-state index in [2.05, 4.69) is 10.0 Å². The summed E-state index contributed by atoms with van der Waals surface area (Å²) >= 11 is 0. The van der Waals surface area contributed by atoms with Crippen LogP contribution in [-0.2, 0) is 6.42 Å². The molecule has 0 unspecified atom stereocenters. The Bertz CT molecular complexity index is 614. The molecule has 2 rings (SSSR count). The highest BCUT2D eigenvalue weighted by Crippen LogP contribution is 2.23. The minimum Gasteiger partial charge on any atom is -0.298 e. The van der Waals surface area contributed by atoms with Crippen LogP contribution in [0.25, 0.3) is 21.6 Å². The molecule has 0 saturated heterocycles. The van der Waals surface area contributed by atoms with Crippen molar-refractivity contribution < 1.29 is 4.79 Å². The second-order valence-corrected chi connectivity index (χ2v) is 4.11. The quantitative estimate of drug-likeness (QED) is 0.342. The zero-order chi connectivity index (χ0) is 13.5. The Balaban J connectivity index is 2.22. The van der Waals surface area contributed by atoms with Gasteiger partial charge in [-0.15, -0.1) is 0 Å². The lowest BCUT2D eigenvalue weighted by molar-refractivity contribution is 0.112. The van der Waals surface area contributed by atoms with Crippen LogP contribution in [0.2, 0.25) is 0 Å². The molecule has 0 fully saturated rings. The van der Waals surface area contributed by atoms with Gasteiger partial charge in [0.1, 0.15) is 0 Å². The number of aldehydes is 1. The van der Waals surface area contributed by atoms with E-state index in [4.69, 9.17) is 5.53 Å². The number of hydrogen-bond donors (Lipinski definition) is 0. The average molecular weight is 251 g/mol. The van der Waals surface area contributed by atoms with Crippen molar-refractivity contribution in [3.8, 4) is 11.1 Å². The smallest absolute Gasteiger partial charge is 0.150 e. The lowest BCUT2D eigenvalue weighted by Crippen LogP contribution is -1.90. The summed E-state index contributed by atoms with van der Waals surface area (Å²) in [7, 11) is 0. The van der Waals surface area contributed by atoms with Crippen molar-refractivity contribution in [2.75, 3.05) is 6.54 Å². The van der Waals surface area contributed by atoms with Gasteiger partial charge in [-0.2, -0.15) is 0 Å². The fourth-order valence-electron chi connectivity index (χ4n) is 1.94. The Morgan fingerprint density at radius 3 is 2.53 bits per heavy atom. The highest BCUT2D eigenvalue weighted by Gasteiger charge is 2.03. The average Bonchev–Trinajstić information content (AvgIpc) is 2.48. The molecule has 0 heterocycles. The summed E-state index contributed by atoms with van der Waals surface area (Å²) in [5.41, 5.74) is 12.0. The molecule has 2 aromatic carbocycles. The van der Waals surface area contributed by atoms with Crippen LogP contribution in [-0.4, -0.2) is 12.8 Å². The molecule has 4 nitrogen and oxygen atoms in total. The summed E-state index contributed by atoms with van der Waals surface area (Å²) in [5, 5.41) is 3.51. The molecule has 4 heteroatoms. The Hall–Kier alpha value is -2.58. The van der Waals surface area contributed by atoms with Gasteiger partial charge in [-0.1, -0.05) is 53.6 Å². The van der Waals surface area contributed by atoms with E-state index < -0.39 is 0 Å². The van der Waals surface area contributed by atoms with Crippen molar-refractivity contribution >= 4 is 6.29 Å². The molecule has 0 aliphatic heterocycles. The Labute approximate surface area is 111 Å². The second-order valence-electron chi connectivity index (χ2n) is 4.11. The standard InChI is InChI=1S/C15H13N3O/c16-18-17-10-9-12-5-7-13(8-6-12)15-4-2-1-3-14(15)11-19/h1-8,11H,9-10H2. The molecule has 0 aromatic heterocycles. The zero-order valence-electron chi connectivity index (χ0n) is 10.4. The SMILES string of the molecule is [N-]=[N+]=NCCc1ccc(-c2ccccc2C=O)cc1. The van der Waals surface area contributed by atoms with Crippen LogP contribution < -0.4 is 0 Å². The zero-order valence-corrected chi connectivity index (χ0v) is 10.4. The van der Waals surface area contributed by atoms with Gasteiger partial charge in [-0.05, 0) is 28.6 Å². The molecule has 19 heavy (non-hydrogen) atoms. The normalized spacial score (nSPS) is 9.68. The molecule has 94 valence electrons. The maximum Gasteiger partial charge on any atom is 0.150 e. The summed E-state index contributed by atoms with van der Waals surface area (Å²) < 4.78 is 0. The molecule has 0 bridgehead atoms. The molecule has 0 aliphatic rings. The van der Waals surface area contributed by atoms with Crippen LogP contribution >= 0.6 is 0 Å². The van der Waals surface area contributed by atoms with Crippen molar-refractivity contribution in [1.29, 1.82) is 0 Å². The van der Waals surface area contributed by atoms with Crippen LogP contribution in [0.5, 0.6) is 0 Å². The van der Waals surface area contributed by atoms with Crippen molar-refractivity contribution in [2.45, 2.75) is 6.42 Å². The first kappa shape index (κ1) is 12.9. The molecule has 0 radical (unpaired) electrons. The van der Waals surface area contributed by atoms with E-state index in [9.17, 15) is 4.79 Å². The van der Waals surface area contributed by atoms with Crippen molar-refractivity contribution in [3.63, 3.8) is 0 Å². The molecular weight excluding hydrogens is 238 g/mol. The van der Waals surface area contributed by atoms with Crippen LogP contribution in [0.4, 0.5) is 0 Å². The highest BCUT2D eigenvalue weighted by atomic mass is 16.1. The van der Waals surface area contributed by atoms with Gasteiger partial charge in [0.2, 0.25) is 0 Å². The van der Waals surface area contributed by atoms with E-state index in [1.165, 1.54) is 0 Å². The van der Waals surface area contributed by atoms with E-state index in [-0.39, 0.29) is 0 Å². The predicted octanol–water partition coefficient (Wildman–Crippen LogP) is 4.02. The fraction of sp³-hybridized carbons (Fsp3) is 0.133. The lowest BCUT2D eigenvalue weighted by atomic mass is 9.99. The van der Waals surface area contributed by atoms with Crippen LogP contribution in [0.15, 0.2) is 53.6 Å². The molecule has 0 N–H and O–H groups in total. The Morgan fingerprint density at radius 2 is 1.84 bits per heavy atom. The fourth-order valence-corrected chi connectivity index (χ4v) is 1.94. The van der Waals surface area contributed by atoms with Gasteiger partial charge in [-0.25, -0.2) is 0 Å². The molecule has 0 atom stereocenters. The summed E-state index contributed by atoms with van der Waals surface area (Å²) in [6.07, 6.45) is 1.59. The molecule has 0 aliphatic carbocycles. The van der Waals surface area contributed by atoms with E-state index in [0.29, 0.717) is 12.1 Å². The topological polar surface area (TPSA) is 65.8 Å². The third-order valence-corrected chi connectivity index (χ3v) is 2.92. The summed E-state index contributed by atoms with van der Waals surface area (Å²) in [4.78, 5) is 13.7. The number of benzene rings is 2.